The Balaban J connectivity index is 2.38. The number of benzene rings is 1. The average Bonchev–Trinajstić information content (AvgIpc) is 2.36. The van der Waals surface area contributed by atoms with Crippen molar-refractivity contribution in [2.45, 2.75) is 31.6 Å². The molecule has 1 aliphatic rings. The number of rotatable bonds is 3. The van der Waals surface area contributed by atoms with Gasteiger partial charge in [0.25, 0.3) is 0 Å². The molecule has 1 fully saturated rings. The molecule has 1 N–H and O–H groups in total. The van der Waals surface area contributed by atoms with E-state index in [0.717, 1.165) is 31.0 Å². The van der Waals surface area contributed by atoms with Crippen LogP contribution in [0.15, 0.2) is 23.1 Å². The predicted octanol–water partition coefficient (Wildman–Crippen LogP) is 2.33. The molecule has 2 rings (SSSR count). The Morgan fingerprint density at radius 2 is 2.05 bits per heavy atom. The highest BCUT2D eigenvalue weighted by Crippen LogP contribution is 2.32. The zero-order valence-electron chi connectivity index (χ0n) is 12.0. The van der Waals surface area contributed by atoms with Gasteiger partial charge in [0.1, 0.15) is 10.7 Å². The highest BCUT2D eigenvalue weighted by Gasteiger charge is 2.35. The van der Waals surface area contributed by atoms with Crippen molar-refractivity contribution in [3.05, 3.63) is 29.6 Å². The number of hydrogen-bond donors (Lipinski definition) is 1. The fraction of sp³-hybridized carbons (Fsp3) is 0.500. The molecule has 1 saturated heterocycles. The summed E-state index contributed by atoms with van der Waals surface area (Å²) < 4.78 is 40.3. The number of carbonyl (C=O) groups is 1. The molecule has 1 aromatic rings. The molecule has 0 unspecified atom stereocenters. The summed E-state index contributed by atoms with van der Waals surface area (Å²) in [6, 6.07) is 2.87. The quantitative estimate of drug-likeness (QED) is 0.929. The molecule has 7 heteroatoms. The summed E-state index contributed by atoms with van der Waals surface area (Å²) in [5.41, 5.74) is -0.423. The van der Waals surface area contributed by atoms with E-state index in [9.17, 15) is 17.6 Å². The Morgan fingerprint density at radius 3 is 2.57 bits per heavy atom. The Bertz CT molecular complexity index is 670. The van der Waals surface area contributed by atoms with Gasteiger partial charge < -0.3 is 5.11 Å². The molecule has 0 saturated carbocycles. The van der Waals surface area contributed by atoms with E-state index in [2.05, 4.69) is 0 Å². The largest absolute Gasteiger partial charge is 0.478 e. The highest BCUT2D eigenvalue weighted by atomic mass is 32.2. The molecule has 0 aliphatic carbocycles. The van der Waals surface area contributed by atoms with Crippen LogP contribution in [0.5, 0.6) is 0 Å². The van der Waals surface area contributed by atoms with Crippen LogP contribution < -0.4 is 0 Å². The van der Waals surface area contributed by atoms with Gasteiger partial charge in [-0.3, -0.25) is 0 Å². The first-order valence-corrected chi connectivity index (χ1v) is 8.10. The van der Waals surface area contributed by atoms with Gasteiger partial charge in [0.15, 0.2) is 0 Å². The minimum atomic E-state index is -3.94. The fourth-order valence-corrected chi connectivity index (χ4v) is 4.27. The molecule has 0 amide bonds. The number of nitrogens with zero attached hydrogens (tertiary/aromatic N) is 1. The van der Waals surface area contributed by atoms with Crippen LogP contribution in [0.1, 0.15) is 37.0 Å². The van der Waals surface area contributed by atoms with E-state index >= 15 is 0 Å². The summed E-state index contributed by atoms with van der Waals surface area (Å²) in [6.45, 7) is 4.62. The monoisotopic (exact) mass is 315 g/mol. The number of carboxylic acid groups (broad SMARTS) is 1. The van der Waals surface area contributed by atoms with Crippen LogP contribution in [0, 0.1) is 11.2 Å². The van der Waals surface area contributed by atoms with Gasteiger partial charge in [0.05, 0.1) is 5.56 Å². The van der Waals surface area contributed by atoms with Gasteiger partial charge >= 0.3 is 5.97 Å². The molecule has 0 bridgehead atoms. The van der Waals surface area contributed by atoms with Crippen molar-refractivity contribution < 1.29 is 22.7 Å². The summed E-state index contributed by atoms with van der Waals surface area (Å²) in [5.74, 6) is -2.32. The zero-order valence-corrected chi connectivity index (χ0v) is 12.8. The molecular formula is C14H18FNO4S. The van der Waals surface area contributed by atoms with Crippen molar-refractivity contribution >= 4 is 16.0 Å². The average molecular weight is 315 g/mol. The first-order valence-electron chi connectivity index (χ1n) is 6.66. The summed E-state index contributed by atoms with van der Waals surface area (Å²) in [6.07, 6.45) is 1.64. The molecule has 0 atom stereocenters. The third-order valence-corrected chi connectivity index (χ3v) is 5.54. The minimum Gasteiger partial charge on any atom is -0.478 e. The van der Waals surface area contributed by atoms with Gasteiger partial charge in [-0.05, 0) is 36.5 Å². The SMILES string of the molecule is CC1(C)CCCN(S(=O)(=O)c2ccc(C(=O)O)cc2F)C1. The van der Waals surface area contributed by atoms with Crippen molar-refractivity contribution in [2.75, 3.05) is 13.1 Å². The van der Waals surface area contributed by atoms with E-state index in [0.29, 0.717) is 13.1 Å². The van der Waals surface area contributed by atoms with E-state index < -0.39 is 26.7 Å². The zero-order chi connectivity index (χ0) is 15.8. The maximum atomic E-state index is 14.0. The molecule has 1 aliphatic heterocycles. The maximum absolute atomic E-state index is 14.0. The van der Waals surface area contributed by atoms with E-state index in [4.69, 9.17) is 5.11 Å². The fourth-order valence-electron chi connectivity index (χ4n) is 2.56. The normalized spacial score (nSPS) is 19.4. The van der Waals surface area contributed by atoms with Crippen LogP contribution in [0.2, 0.25) is 0 Å². The lowest BCUT2D eigenvalue weighted by molar-refractivity contribution is 0.0696. The molecular weight excluding hydrogens is 297 g/mol. The molecule has 116 valence electrons. The molecule has 0 aromatic heterocycles. The van der Waals surface area contributed by atoms with Crippen LogP contribution in [-0.4, -0.2) is 36.9 Å². The maximum Gasteiger partial charge on any atom is 0.335 e. The lowest BCUT2D eigenvalue weighted by Crippen LogP contribution is -2.43. The first kappa shape index (κ1) is 15.9. The van der Waals surface area contributed by atoms with Crippen molar-refractivity contribution in [3.63, 3.8) is 0 Å². The summed E-state index contributed by atoms with van der Waals surface area (Å²) >= 11 is 0. The Morgan fingerprint density at radius 1 is 1.38 bits per heavy atom. The molecule has 0 spiro atoms. The lowest BCUT2D eigenvalue weighted by Gasteiger charge is -2.37. The van der Waals surface area contributed by atoms with Gasteiger partial charge in [-0.25, -0.2) is 17.6 Å². The number of carboxylic acids is 1. The van der Waals surface area contributed by atoms with E-state index in [1.165, 1.54) is 4.31 Å². The molecule has 1 heterocycles. The molecule has 0 radical (unpaired) electrons. The molecule has 1 aromatic carbocycles. The van der Waals surface area contributed by atoms with Gasteiger partial charge in [-0.2, -0.15) is 4.31 Å². The number of piperidine rings is 1. The van der Waals surface area contributed by atoms with Crippen LogP contribution in [0.3, 0.4) is 0 Å². The highest BCUT2D eigenvalue weighted by molar-refractivity contribution is 7.89. The number of halogens is 1. The van der Waals surface area contributed by atoms with E-state index in [1.807, 2.05) is 13.8 Å². The van der Waals surface area contributed by atoms with Gasteiger partial charge in [-0.1, -0.05) is 13.8 Å². The molecule has 21 heavy (non-hydrogen) atoms. The summed E-state index contributed by atoms with van der Waals surface area (Å²) in [7, 11) is -3.94. The van der Waals surface area contributed by atoms with Crippen molar-refractivity contribution in [3.8, 4) is 0 Å². The van der Waals surface area contributed by atoms with Gasteiger partial charge in [0.2, 0.25) is 10.0 Å². The number of hydrogen-bond acceptors (Lipinski definition) is 3. The number of aromatic carboxylic acids is 1. The standard InChI is InChI=1S/C14H18FNO4S/c1-14(2)6-3-7-16(9-14)21(19,20)12-5-4-10(13(17)18)8-11(12)15/h4-5,8H,3,6-7,9H2,1-2H3,(H,17,18). The minimum absolute atomic E-state index is 0.150. The number of sulfonamides is 1. The lowest BCUT2D eigenvalue weighted by atomic mass is 9.85. The molecule has 5 nitrogen and oxygen atoms in total. The second-order valence-corrected chi connectivity index (χ2v) is 7.96. The summed E-state index contributed by atoms with van der Waals surface area (Å²) in [5, 5.41) is 8.79. The van der Waals surface area contributed by atoms with Crippen LogP contribution in [0.4, 0.5) is 4.39 Å². The van der Waals surface area contributed by atoms with Gasteiger partial charge in [0, 0.05) is 13.1 Å². The van der Waals surface area contributed by atoms with E-state index in [-0.39, 0.29) is 11.0 Å². The van der Waals surface area contributed by atoms with Crippen LogP contribution >= 0.6 is 0 Å². The Hall–Kier alpha value is -1.47. The van der Waals surface area contributed by atoms with Crippen molar-refractivity contribution in [1.29, 1.82) is 0 Å². The third-order valence-electron chi connectivity index (χ3n) is 3.66. The van der Waals surface area contributed by atoms with Crippen LogP contribution in [0.25, 0.3) is 0 Å². The van der Waals surface area contributed by atoms with E-state index in [1.54, 1.807) is 0 Å². The third kappa shape index (κ3) is 3.24. The van der Waals surface area contributed by atoms with Gasteiger partial charge in [-0.15, -0.1) is 0 Å². The smallest absolute Gasteiger partial charge is 0.335 e. The Kier molecular flexibility index (Phi) is 4.08. The second-order valence-electron chi connectivity index (χ2n) is 6.06. The van der Waals surface area contributed by atoms with Crippen molar-refractivity contribution in [2.24, 2.45) is 5.41 Å². The Labute approximate surface area is 123 Å². The van der Waals surface area contributed by atoms with Crippen molar-refractivity contribution in [1.82, 2.24) is 4.31 Å². The second kappa shape index (κ2) is 5.38. The van der Waals surface area contributed by atoms with Crippen LogP contribution in [-0.2, 0) is 10.0 Å². The first-order chi connectivity index (χ1) is 9.63. The summed E-state index contributed by atoms with van der Waals surface area (Å²) in [4.78, 5) is 10.3. The predicted molar refractivity (Wildman–Crippen MR) is 75.1 cm³/mol. The topological polar surface area (TPSA) is 74.7 Å².